The van der Waals surface area contributed by atoms with Gasteiger partial charge in [0.05, 0.1) is 4.92 Å². The molecule has 0 aliphatic heterocycles. The maximum absolute atomic E-state index is 11.4. The van der Waals surface area contributed by atoms with Crippen LogP contribution in [0, 0.1) is 10.1 Å². The number of carbonyl (C=O) groups excluding carboxylic acids is 1. The maximum atomic E-state index is 11.4. The van der Waals surface area contributed by atoms with Crippen molar-refractivity contribution in [2.24, 2.45) is 0 Å². The lowest BCUT2D eigenvalue weighted by Gasteiger charge is -1.98. The molecule has 14 heavy (non-hydrogen) atoms. The summed E-state index contributed by atoms with van der Waals surface area (Å²) in [6, 6.07) is 5.46. The van der Waals surface area contributed by atoms with Crippen molar-refractivity contribution < 1.29 is 9.72 Å². The Morgan fingerprint density at radius 3 is 2.21 bits per heavy atom. The van der Waals surface area contributed by atoms with E-state index in [1.54, 1.807) is 6.92 Å². The van der Waals surface area contributed by atoms with E-state index >= 15 is 0 Å². The third kappa shape index (κ3) is 2.04. The minimum absolute atomic E-state index is 0.0248. The Bertz CT molecular complexity index is 392. The summed E-state index contributed by atoms with van der Waals surface area (Å²) in [5, 5.41) is 10.3. The van der Waals surface area contributed by atoms with E-state index < -0.39 is 4.92 Å². The molecule has 4 nitrogen and oxygen atoms in total. The van der Waals surface area contributed by atoms with Gasteiger partial charge in [-0.3, -0.25) is 14.9 Å². The molecule has 0 saturated carbocycles. The minimum Gasteiger partial charge on any atom is -0.289 e. The van der Waals surface area contributed by atoms with Crippen LogP contribution in [0.25, 0.3) is 0 Å². The fraction of sp³-hybridized carbons (Fsp3) is 0.100. The maximum Gasteiger partial charge on any atom is 0.269 e. The molecule has 0 radical (unpaired) electrons. The van der Waals surface area contributed by atoms with Gasteiger partial charge in [0.25, 0.3) is 5.69 Å². The first-order valence-electron chi connectivity index (χ1n) is 3.97. The number of Topliss-reactive ketones (excluding diaryl/α,β-unsaturated/α-hetero) is 1. The highest BCUT2D eigenvalue weighted by atomic mass is 16.6. The summed E-state index contributed by atoms with van der Waals surface area (Å²) in [6.45, 7) is 5.11. The van der Waals surface area contributed by atoms with E-state index in [2.05, 4.69) is 6.58 Å². The van der Waals surface area contributed by atoms with Gasteiger partial charge in [0.1, 0.15) is 0 Å². The lowest BCUT2D eigenvalue weighted by atomic mass is 10.1. The first-order chi connectivity index (χ1) is 6.52. The van der Waals surface area contributed by atoms with Crippen LogP contribution in [0.5, 0.6) is 0 Å². The molecule has 0 unspecified atom stereocenters. The number of hydrogen-bond donors (Lipinski definition) is 0. The smallest absolute Gasteiger partial charge is 0.269 e. The van der Waals surface area contributed by atoms with Gasteiger partial charge in [-0.25, -0.2) is 0 Å². The summed E-state index contributed by atoms with van der Waals surface area (Å²) in [4.78, 5) is 21.2. The minimum atomic E-state index is -0.505. The van der Waals surface area contributed by atoms with Crippen LogP contribution in [0.3, 0.4) is 0 Å². The molecule has 0 atom stereocenters. The monoisotopic (exact) mass is 191 g/mol. The number of benzene rings is 1. The number of allylic oxidation sites excluding steroid dienone is 1. The van der Waals surface area contributed by atoms with E-state index in [4.69, 9.17) is 0 Å². The number of ketones is 1. The molecule has 0 heterocycles. The molecular formula is C10H9NO3. The number of carbonyl (C=O) groups is 1. The Balaban J connectivity index is 3.00. The summed E-state index contributed by atoms with van der Waals surface area (Å²) >= 11 is 0. The lowest BCUT2D eigenvalue weighted by Crippen LogP contribution is -1.99. The standard InChI is InChI=1S/C10H9NO3/c1-7(2)10(12)8-3-5-9(6-4-8)11(13)14/h3-6H,1H2,2H3. The Labute approximate surface area is 81.0 Å². The highest BCUT2D eigenvalue weighted by Crippen LogP contribution is 2.13. The zero-order valence-corrected chi connectivity index (χ0v) is 7.69. The number of nitro groups is 1. The van der Waals surface area contributed by atoms with E-state index in [0.29, 0.717) is 11.1 Å². The van der Waals surface area contributed by atoms with Crippen molar-refractivity contribution in [1.29, 1.82) is 0 Å². The fourth-order valence-corrected chi connectivity index (χ4v) is 0.981. The molecule has 0 aliphatic carbocycles. The quantitative estimate of drug-likeness (QED) is 0.319. The van der Waals surface area contributed by atoms with Gasteiger partial charge in [-0.15, -0.1) is 0 Å². The van der Waals surface area contributed by atoms with Crippen molar-refractivity contribution in [3.63, 3.8) is 0 Å². The van der Waals surface area contributed by atoms with Crippen LogP contribution in [0.1, 0.15) is 17.3 Å². The number of hydrogen-bond acceptors (Lipinski definition) is 3. The molecule has 4 heteroatoms. The average Bonchev–Trinajstić information content (AvgIpc) is 2.16. The van der Waals surface area contributed by atoms with E-state index in [-0.39, 0.29) is 11.5 Å². The SMILES string of the molecule is C=C(C)C(=O)c1ccc([N+](=O)[O-])cc1. The Morgan fingerprint density at radius 2 is 1.86 bits per heavy atom. The Hall–Kier alpha value is -1.97. The van der Waals surface area contributed by atoms with Gasteiger partial charge in [0.15, 0.2) is 5.78 Å². The van der Waals surface area contributed by atoms with Gasteiger partial charge in [0, 0.05) is 17.7 Å². The summed E-state index contributed by atoms with van der Waals surface area (Å²) in [6.07, 6.45) is 0. The third-order valence-corrected chi connectivity index (χ3v) is 1.73. The molecule has 1 aromatic carbocycles. The lowest BCUT2D eigenvalue weighted by molar-refractivity contribution is -0.384. The van der Waals surface area contributed by atoms with E-state index in [1.165, 1.54) is 24.3 Å². The van der Waals surface area contributed by atoms with Gasteiger partial charge in [-0.05, 0) is 24.6 Å². The van der Waals surface area contributed by atoms with Crippen LogP contribution in [0.15, 0.2) is 36.4 Å². The van der Waals surface area contributed by atoms with Crippen LogP contribution in [-0.4, -0.2) is 10.7 Å². The Kier molecular flexibility index (Phi) is 2.76. The van der Waals surface area contributed by atoms with E-state index in [0.717, 1.165) is 0 Å². The largest absolute Gasteiger partial charge is 0.289 e. The van der Waals surface area contributed by atoms with Crippen LogP contribution in [-0.2, 0) is 0 Å². The summed E-state index contributed by atoms with van der Waals surface area (Å²) in [5.41, 5.74) is 0.810. The third-order valence-electron chi connectivity index (χ3n) is 1.73. The predicted octanol–water partition coefficient (Wildman–Crippen LogP) is 2.35. The van der Waals surface area contributed by atoms with E-state index in [9.17, 15) is 14.9 Å². The summed E-state index contributed by atoms with van der Waals surface area (Å²) in [7, 11) is 0. The molecule has 0 saturated heterocycles. The van der Waals surface area contributed by atoms with Gasteiger partial charge >= 0.3 is 0 Å². The molecule has 0 aliphatic rings. The first-order valence-corrected chi connectivity index (χ1v) is 3.97. The van der Waals surface area contributed by atoms with Crippen molar-refractivity contribution in [3.8, 4) is 0 Å². The van der Waals surface area contributed by atoms with Gasteiger partial charge in [0.2, 0.25) is 0 Å². The first kappa shape index (κ1) is 10.1. The molecule has 1 aromatic rings. The van der Waals surface area contributed by atoms with Crippen molar-refractivity contribution in [3.05, 3.63) is 52.1 Å². The number of nitro benzene ring substituents is 1. The molecule has 72 valence electrons. The van der Waals surface area contributed by atoms with E-state index in [1.807, 2.05) is 0 Å². The second-order valence-corrected chi connectivity index (χ2v) is 2.91. The number of nitrogens with zero attached hydrogens (tertiary/aromatic N) is 1. The fourth-order valence-electron chi connectivity index (χ4n) is 0.981. The van der Waals surface area contributed by atoms with Gasteiger partial charge < -0.3 is 0 Å². The second-order valence-electron chi connectivity index (χ2n) is 2.91. The zero-order chi connectivity index (χ0) is 10.7. The van der Waals surface area contributed by atoms with Crippen molar-refractivity contribution in [2.45, 2.75) is 6.92 Å². The topological polar surface area (TPSA) is 60.2 Å². The molecule has 0 aromatic heterocycles. The highest BCUT2D eigenvalue weighted by molar-refractivity contribution is 6.07. The van der Waals surface area contributed by atoms with Gasteiger partial charge in [-0.2, -0.15) is 0 Å². The number of non-ortho nitro benzene ring substituents is 1. The molecule has 0 fully saturated rings. The van der Waals surface area contributed by atoms with Crippen molar-refractivity contribution in [1.82, 2.24) is 0 Å². The summed E-state index contributed by atoms with van der Waals surface area (Å²) < 4.78 is 0. The van der Waals surface area contributed by atoms with Crippen LogP contribution >= 0.6 is 0 Å². The van der Waals surface area contributed by atoms with Crippen LogP contribution < -0.4 is 0 Å². The Morgan fingerprint density at radius 1 is 1.36 bits per heavy atom. The highest BCUT2D eigenvalue weighted by Gasteiger charge is 2.09. The molecule has 1 rings (SSSR count). The normalized spacial score (nSPS) is 9.50. The molecule has 0 bridgehead atoms. The van der Waals surface area contributed by atoms with Crippen molar-refractivity contribution in [2.75, 3.05) is 0 Å². The summed E-state index contributed by atoms with van der Waals surface area (Å²) in [5.74, 6) is -0.195. The number of rotatable bonds is 3. The van der Waals surface area contributed by atoms with Gasteiger partial charge in [-0.1, -0.05) is 6.58 Å². The average molecular weight is 191 g/mol. The second kappa shape index (κ2) is 3.83. The van der Waals surface area contributed by atoms with Crippen LogP contribution in [0.4, 0.5) is 5.69 Å². The van der Waals surface area contributed by atoms with Crippen LogP contribution in [0.2, 0.25) is 0 Å². The molecular weight excluding hydrogens is 182 g/mol. The molecule has 0 N–H and O–H groups in total. The zero-order valence-electron chi connectivity index (χ0n) is 7.69. The molecule has 0 spiro atoms. The predicted molar refractivity (Wildman–Crippen MR) is 52.2 cm³/mol. The molecule has 0 amide bonds. The van der Waals surface area contributed by atoms with Crippen molar-refractivity contribution >= 4 is 11.5 Å².